The number of ether oxygens (including phenoxy) is 3. The summed E-state index contributed by atoms with van der Waals surface area (Å²) in [6.45, 7) is 3.64. The summed E-state index contributed by atoms with van der Waals surface area (Å²) in [4.78, 5) is 0. The molecule has 0 atom stereocenters. The van der Waals surface area contributed by atoms with Crippen molar-refractivity contribution < 1.29 is 27.2 Å². The Labute approximate surface area is 122 Å². The van der Waals surface area contributed by atoms with E-state index in [0.29, 0.717) is 19.8 Å². The van der Waals surface area contributed by atoms with Crippen LogP contribution in [0.4, 0.5) is 0 Å². The van der Waals surface area contributed by atoms with E-state index in [1.54, 1.807) is 0 Å². The van der Waals surface area contributed by atoms with Crippen molar-refractivity contribution >= 4 is 21.5 Å². The lowest BCUT2D eigenvalue weighted by atomic mass is 9.94. The van der Waals surface area contributed by atoms with E-state index < -0.39 is 10.1 Å². The molecule has 2 rings (SSSR count). The van der Waals surface area contributed by atoms with Gasteiger partial charge in [0.15, 0.2) is 11.5 Å². The van der Waals surface area contributed by atoms with Crippen molar-refractivity contribution in [2.24, 2.45) is 5.41 Å². The van der Waals surface area contributed by atoms with Gasteiger partial charge in [-0.25, -0.2) is 0 Å². The standard InChI is InChI=1S/C12H18O6S2/c1-12(7-16-3-2-4-20(13,14)15)8-17-10-5-19-6-11(10)18-9-12/h5-6H,2-4,7-9H2,1H3,(H,13,14,15). The smallest absolute Gasteiger partial charge is 0.264 e. The van der Waals surface area contributed by atoms with Gasteiger partial charge in [0.2, 0.25) is 0 Å². The van der Waals surface area contributed by atoms with E-state index in [4.69, 9.17) is 18.8 Å². The molecular weight excluding hydrogens is 304 g/mol. The van der Waals surface area contributed by atoms with Gasteiger partial charge >= 0.3 is 0 Å². The van der Waals surface area contributed by atoms with E-state index in [9.17, 15) is 8.42 Å². The Kier molecular flexibility index (Phi) is 4.90. The summed E-state index contributed by atoms with van der Waals surface area (Å²) in [5.74, 6) is 1.23. The first-order valence-electron chi connectivity index (χ1n) is 6.23. The average molecular weight is 322 g/mol. The zero-order chi connectivity index (χ0) is 14.6. The van der Waals surface area contributed by atoms with Crippen LogP contribution in [-0.2, 0) is 14.9 Å². The zero-order valence-corrected chi connectivity index (χ0v) is 12.8. The lowest BCUT2D eigenvalue weighted by molar-refractivity contribution is 0.00713. The summed E-state index contributed by atoms with van der Waals surface area (Å²) in [6, 6.07) is 0. The molecule has 0 unspecified atom stereocenters. The molecule has 20 heavy (non-hydrogen) atoms. The zero-order valence-electron chi connectivity index (χ0n) is 11.2. The molecule has 0 saturated heterocycles. The number of fused-ring (bicyclic) bond motifs is 1. The van der Waals surface area contributed by atoms with Gasteiger partial charge in [0.05, 0.1) is 31.0 Å². The highest BCUT2D eigenvalue weighted by atomic mass is 32.2. The first-order valence-corrected chi connectivity index (χ1v) is 8.78. The summed E-state index contributed by atoms with van der Waals surface area (Å²) < 4.78 is 46.6. The Balaban J connectivity index is 1.74. The van der Waals surface area contributed by atoms with Gasteiger partial charge in [0.1, 0.15) is 0 Å². The highest BCUT2D eigenvalue weighted by molar-refractivity contribution is 7.85. The largest absolute Gasteiger partial charge is 0.488 e. The first-order chi connectivity index (χ1) is 9.38. The van der Waals surface area contributed by atoms with Crippen LogP contribution < -0.4 is 9.47 Å². The van der Waals surface area contributed by atoms with E-state index in [1.807, 2.05) is 17.7 Å². The molecule has 1 aromatic heterocycles. The van der Waals surface area contributed by atoms with Crippen LogP contribution in [-0.4, -0.2) is 45.2 Å². The number of rotatable bonds is 6. The van der Waals surface area contributed by atoms with Crippen molar-refractivity contribution in [3.8, 4) is 11.5 Å². The van der Waals surface area contributed by atoms with Crippen molar-refractivity contribution in [1.82, 2.24) is 0 Å². The van der Waals surface area contributed by atoms with Gasteiger partial charge in [-0.1, -0.05) is 6.92 Å². The van der Waals surface area contributed by atoms with E-state index in [0.717, 1.165) is 11.5 Å². The maximum atomic E-state index is 10.6. The second kappa shape index (κ2) is 6.30. The maximum absolute atomic E-state index is 10.6. The van der Waals surface area contributed by atoms with Crippen LogP contribution in [0.25, 0.3) is 0 Å². The highest BCUT2D eigenvalue weighted by Gasteiger charge is 2.31. The van der Waals surface area contributed by atoms with Crippen LogP contribution in [0.15, 0.2) is 10.8 Å². The van der Waals surface area contributed by atoms with E-state index in [-0.39, 0.29) is 24.2 Å². The van der Waals surface area contributed by atoms with Crippen LogP contribution in [0, 0.1) is 5.41 Å². The Bertz CT molecular complexity index is 513. The molecular formula is C12H18O6S2. The Morgan fingerprint density at radius 1 is 1.35 bits per heavy atom. The van der Waals surface area contributed by atoms with Gasteiger partial charge in [0.25, 0.3) is 10.1 Å². The van der Waals surface area contributed by atoms with Crippen LogP contribution in [0.3, 0.4) is 0 Å². The molecule has 1 N–H and O–H groups in total. The van der Waals surface area contributed by atoms with Gasteiger partial charge in [-0.3, -0.25) is 4.55 Å². The normalized spacial score (nSPS) is 17.7. The van der Waals surface area contributed by atoms with Gasteiger partial charge in [-0.2, -0.15) is 8.42 Å². The molecule has 0 amide bonds. The summed E-state index contributed by atoms with van der Waals surface area (Å²) in [7, 11) is -3.91. The van der Waals surface area contributed by atoms with E-state index in [2.05, 4.69) is 0 Å². The topological polar surface area (TPSA) is 82.1 Å². The molecule has 0 radical (unpaired) electrons. The molecule has 2 heterocycles. The van der Waals surface area contributed by atoms with E-state index >= 15 is 0 Å². The quantitative estimate of drug-likeness (QED) is 0.635. The SMILES string of the molecule is CC1(COCCCS(=O)(=O)O)COc2cscc2OC1. The van der Waals surface area contributed by atoms with Crippen LogP contribution >= 0.6 is 11.3 Å². The average Bonchev–Trinajstić information content (AvgIpc) is 2.74. The molecule has 1 aromatic rings. The second-order valence-electron chi connectivity index (χ2n) is 5.18. The lowest BCUT2D eigenvalue weighted by Gasteiger charge is -2.26. The van der Waals surface area contributed by atoms with Gasteiger partial charge in [-0.15, -0.1) is 11.3 Å². The van der Waals surface area contributed by atoms with Crippen LogP contribution in [0.5, 0.6) is 11.5 Å². The molecule has 0 fully saturated rings. The fourth-order valence-electron chi connectivity index (χ4n) is 1.77. The van der Waals surface area contributed by atoms with Crippen molar-refractivity contribution in [2.45, 2.75) is 13.3 Å². The fraction of sp³-hybridized carbons (Fsp3) is 0.667. The molecule has 0 aromatic carbocycles. The lowest BCUT2D eigenvalue weighted by Crippen LogP contribution is -2.35. The van der Waals surface area contributed by atoms with Crippen molar-refractivity contribution in [3.05, 3.63) is 10.8 Å². The van der Waals surface area contributed by atoms with Gasteiger partial charge < -0.3 is 14.2 Å². The number of thiophene rings is 1. The Morgan fingerprint density at radius 3 is 2.50 bits per heavy atom. The number of hydrogen-bond donors (Lipinski definition) is 1. The summed E-state index contributed by atoms with van der Waals surface area (Å²) in [5.41, 5.74) is -0.283. The molecule has 0 bridgehead atoms. The summed E-state index contributed by atoms with van der Waals surface area (Å²) in [6.07, 6.45) is 0.267. The van der Waals surface area contributed by atoms with Crippen molar-refractivity contribution in [3.63, 3.8) is 0 Å². The van der Waals surface area contributed by atoms with E-state index in [1.165, 1.54) is 11.3 Å². The molecule has 6 nitrogen and oxygen atoms in total. The predicted octanol–water partition coefficient (Wildman–Crippen LogP) is 1.82. The monoisotopic (exact) mass is 322 g/mol. The maximum Gasteiger partial charge on any atom is 0.264 e. The Morgan fingerprint density at radius 2 is 1.95 bits per heavy atom. The van der Waals surface area contributed by atoms with Crippen LogP contribution in [0.2, 0.25) is 0 Å². The minimum atomic E-state index is -3.91. The van der Waals surface area contributed by atoms with Gasteiger partial charge in [-0.05, 0) is 6.42 Å². The third-order valence-corrected chi connectivity index (χ3v) is 4.39. The van der Waals surface area contributed by atoms with Crippen molar-refractivity contribution in [2.75, 3.05) is 32.2 Å². The first kappa shape index (κ1) is 15.6. The fourth-order valence-corrected chi connectivity index (χ4v) is 2.94. The van der Waals surface area contributed by atoms with Crippen LogP contribution in [0.1, 0.15) is 13.3 Å². The molecule has 114 valence electrons. The minimum Gasteiger partial charge on any atom is -0.488 e. The predicted molar refractivity (Wildman–Crippen MR) is 75.3 cm³/mol. The van der Waals surface area contributed by atoms with Crippen molar-refractivity contribution in [1.29, 1.82) is 0 Å². The minimum absolute atomic E-state index is 0.267. The third-order valence-electron chi connectivity index (χ3n) is 2.89. The molecule has 0 saturated carbocycles. The summed E-state index contributed by atoms with van der Waals surface area (Å²) >= 11 is 1.53. The molecule has 0 aliphatic carbocycles. The Hall–Kier alpha value is -0.830. The highest BCUT2D eigenvalue weighted by Crippen LogP contribution is 2.36. The van der Waals surface area contributed by atoms with Gasteiger partial charge in [0, 0.05) is 17.4 Å². The third kappa shape index (κ3) is 4.62. The number of hydrogen-bond acceptors (Lipinski definition) is 6. The second-order valence-corrected chi connectivity index (χ2v) is 7.50. The summed E-state index contributed by atoms with van der Waals surface area (Å²) in [5, 5.41) is 3.79. The molecule has 8 heteroatoms. The molecule has 1 aliphatic rings. The molecule has 0 spiro atoms. The molecule has 1 aliphatic heterocycles.